The lowest BCUT2D eigenvalue weighted by molar-refractivity contribution is -0.121. The molecule has 1 fully saturated rings. The fourth-order valence-electron chi connectivity index (χ4n) is 3.74. The quantitative estimate of drug-likeness (QED) is 0.773. The largest absolute Gasteiger partial charge is 0.372 e. The van der Waals surface area contributed by atoms with Crippen molar-refractivity contribution >= 4 is 11.6 Å². The minimum absolute atomic E-state index is 0.0349. The Morgan fingerprint density at radius 3 is 2.37 bits per heavy atom. The van der Waals surface area contributed by atoms with Crippen LogP contribution in [0.4, 0.5) is 5.69 Å². The second kappa shape index (κ2) is 9.07. The predicted molar refractivity (Wildman–Crippen MR) is 113 cm³/mol. The first-order valence-electron chi connectivity index (χ1n) is 10.2. The lowest BCUT2D eigenvalue weighted by Crippen LogP contribution is -2.29. The summed E-state index contributed by atoms with van der Waals surface area (Å²) in [5.41, 5.74) is 6.27. The van der Waals surface area contributed by atoms with E-state index in [1.54, 1.807) is 0 Å². The molecule has 1 atom stereocenters. The monoisotopic (exact) mass is 364 g/mol. The van der Waals surface area contributed by atoms with Crippen LogP contribution in [-0.2, 0) is 11.2 Å². The van der Waals surface area contributed by atoms with Gasteiger partial charge < -0.3 is 10.2 Å². The molecule has 1 N–H and O–H groups in total. The highest BCUT2D eigenvalue weighted by atomic mass is 16.1. The number of carbonyl (C=O) groups excluding carboxylic acids is 1. The second-order valence-electron chi connectivity index (χ2n) is 7.85. The summed E-state index contributed by atoms with van der Waals surface area (Å²) >= 11 is 0. The number of piperidine rings is 1. The number of hydrogen-bond donors (Lipinski definition) is 1. The van der Waals surface area contributed by atoms with Crippen molar-refractivity contribution in [2.75, 3.05) is 18.0 Å². The number of nitrogens with zero attached hydrogens (tertiary/aromatic N) is 1. The van der Waals surface area contributed by atoms with Gasteiger partial charge in [-0.15, -0.1) is 0 Å². The van der Waals surface area contributed by atoms with E-state index in [2.05, 4.69) is 73.5 Å². The molecule has 2 aromatic rings. The number of amides is 1. The Morgan fingerprint density at radius 1 is 1.00 bits per heavy atom. The fourth-order valence-corrected chi connectivity index (χ4v) is 3.74. The molecule has 0 unspecified atom stereocenters. The third-order valence-corrected chi connectivity index (χ3v) is 5.70. The van der Waals surface area contributed by atoms with Crippen molar-refractivity contribution < 1.29 is 4.79 Å². The van der Waals surface area contributed by atoms with E-state index in [-0.39, 0.29) is 11.9 Å². The van der Waals surface area contributed by atoms with E-state index in [0.29, 0.717) is 6.42 Å². The number of anilines is 1. The van der Waals surface area contributed by atoms with Crippen molar-refractivity contribution in [1.29, 1.82) is 0 Å². The molecule has 0 aromatic heterocycles. The van der Waals surface area contributed by atoms with Gasteiger partial charge in [0.15, 0.2) is 0 Å². The Kier molecular flexibility index (Phi) is 6.54. The van der Waals surface area contributed by atoms with Crippen LogP contribution >= 0.6 is 0 Å². The Balaban J connectivity index is 1.50. The van der Waals surface area contributed by atoms with Gasteiger partial charge in [-0.1, -0.05) is 30.3 Å². The van der Waals surface area contributed by atoms with Gasteiger partial charge in [-0.25, -0.2) is 0 Å². The lowest BCUT2D eigenvalue weighted by Gasteiger charge is -2.29. The molecule has 1 saturated heterocycles. The van der Waals surface area contributed by atoms with Gasteiger partial charge in [0.1, 0.15) is 0 Å². The summed E-state index contributed by atoms with van der Waals surface area (Å²) < 4.78 is 0. The summed E-state index contributed by atoms with van der Waals surface area (Å²) in [6, 6.07) is 15.2. The Labute approximate surface area is 163 Å². The maximum Gasteiger partial charge on any atom is 0.220 e. The van der Waals surface area contributed by atoms with E-state index in [4.69, 9.17) is 0 Å². The van der Waals surface area contributed by atoms with Gasteiger partial charge in [0.2, 0.25) is 5.91 Å². The van der Waals surface area contributed by atoms with Crippen LogP contribution in [0.3, 0.4) is 0 Å². The van der Waals surface area contributed by atoms with Crippen LogP contribution < -0.4 is 10.2 Å². The number of benzene rings is 2. The molecule has 1 aliphatic heterocycles. The van der Waals surface area contributed by atoms with Crippen molar-refractivity contribution in [1.82, 2.24) is 5.32 Å². The summed E-state index contributed by atoms with van der Waals surface area (Å²) in [6.45, 7) is 8.61. The fraction of sp³-hybridized carbons (Fsp3) is 0.458. The van der Waals surface area contributed by atoms with Crippen molar-refractivity contribution in [3.63, 3.8) is 0 Å². The van der Waals surface area contributed by atoms with Gasteiger partial charge in [-0.3, -0.25) is 4.79 Å². The maximum atomic E-state index is 12.3. The van der Waals surface area contributed by atoms with Gasteiger partial charge >= 0.3 is 0 Å². The summed E-state index contributed by atoms with van der Waals surface area (Å²) in [6.07, 6.45) is 5.23. The van der Waals surface area contributed by atoms with Crippen LogP contribution in [0, 0.1) is 13.8 Å². The second-order valence-corrected chi connectivity index (χ2v) is 7.85. The minimum atomic E-state index is 0.0349. The zero-order valence-corrected chi connectivity index (χ0v) is 16.9. The Hall–Kier alpha value is -2.29. The van der Waals surface area contributed by atoms with Crippen molar-refractivity contribution in [2.24, 2.45) is 0 Å². The lowest BCUT2D eigenvalue weighted by atomic mass is 10.0. The summed E-state index contributed by atoms with van der Waals surface area (Å²) in [7, 11) is 0. The van der Waals surface area contributed by atoms with Crippen LogP contribution in [0.15, 0.2) is 42.5 Å². The highest BCUT2D eigenvalue weighted by molar-refractivity contribution is 5.76. The molecule has 0 radical (unpaired) electrons. The Bertz CT molecular complexity index is 760. The number of rotatable bonds is 6. The topological polar surface area (TPSA) is 32.3 Å². The maximum absolute atomic E-state index is 12.3. The van der Waals surface area contributed by atoms with Gasteiger partial charge in [0.05, 0.1) is 6.04 Å². The summed E-state index contributed by atoms with van der Waals surface area (Å²) in [4.78, 5) is 14.8. The normalized spacial score (nSPS) is 15.4. The van der Waals surface area contributed by atoms with E-state index in [0.717, 1.165) is 25.1 Å². The van der Waals surface area contributed by atoms with E-state index >= 15 is 0 Å². The molecule has 2 aromatic carbocycles. The molecule has 27 heavy (non-hydrogen) atoms. The SMILES string of the molecule is Cc1ccc(CCC(=O)N[C@H](C)c2ccc(N3CCCCC3)cc2)cc1C. The zero-order valence-electron chi connectivity index (χ0n) is 16.9. The Morgan fingerprint density at radius 2 is 1.70 bits per heavy atom. The van der Waals surface area contributed by atoms with E-state index in [1.165, 1.54) is 41.6 Å². The van der Waals surface area contributed by atoms with Crippen molar-refractivity contribution in [3.05, 3.63) is 64.7 Å². The zero-order chi connectivity index (χ0) is 19.2. The third-order valence-electron chi connectivity index (χ3n) is 5.70. The molecule has 3 rings (SSSR count). The molecule has 3 heteroatoms. The molecule has 0 aliphatic carbocycles. The highest BCUT2D eigenvalue weighted by Gasteiger charge is 2.13. The first-order valence-corrected chi connectivity index (χ1v) is 10.2. The average molecular weight is 365 g/mol. The van der Waals surface area contributed by atoms with E-state index in [9.17, 15) is 4.79 Å². The third kappa shape index (κ3) is 5.35. The molecule has 144 valence electrons. The van der Waals surface area contributed by atoms with Crippen LogP contribution in [-0.4, -0.2) is 19.0 Å². The highest BCUT2D eigenvalue weighted by Crippen LogP contribution is 2.22. The molecule has 1 aliphatic rings. The van der Waals surface area contributed by atoms with Crippen LogP contribution in [0.1, 0.15) is 60.9 Å². The molecule has 3 nitrogen and oxygen atoms in total. The van der Waals surface area contributed by atoms with Gasteiger partial charge in [0, 0.05) is 25.2 Å². The van der Waals surface area contributed by atoms with Crippen LogP contribution in [0.2, 0.25) is 0 Å². The van der Waals surface area contributed by atoms with E-state index < -0.39 is 0 Å². The summed E-state index contributed by atoms with van der Waals surface area (Å²) in [5.74, 6) is 0.112. The minimum Gasteiger partial charge on any atom is -0.372 e. The first kappa shape index (κ1) is 19.5. The molecular formula is C24H32N2O. The number of aryl methyl sites for hydroxylation is 3. The molecular weight excluding hydrogens is 332 g/mol. The van der Waals surface area contributed by atoms with Gasteiger partial charge in [-0.05, 0) is 80.8 Å². The number of hydrogen-bond acceptors (Lipinski definition) is 2. The molecule has 1 heterocycles. The first-order chi connectivity index (χ1) is 13.0. The van der Waals surface area contributed by atoms with Gasteiger partial charge in [-0.2, -0.15) is 0 Å². The summed E-state index contributed by atoms with van der Waals surface area (Å²) in [5, 5.41) is 3.14. The van der Waals surface area contributed by atoms with Crippen LogP contribution in [0.25, 0.3) is 0 Å². The van der Waals surface area contributed by atoms with Crippen LogP contribution in [0.5, 0.6) is 0 Å². The number of carbonyl (C=O) groups is 1. The molecule has 0 spiro atoms. The van der Waals surface area contributed by atoms with Crippen molar-refractivity contribution in [2.45, 2.75) is 58.9 Å². The standard InChI is InChI=1S/C24H32N2O/c1-18-7-8-21(17-19(18)2)9-14-24(27)25-20(3)22-10-12-23(13-11-22)26-15-5-4-6-16-26/h7-8,10-13,17,20H,4-6,9,14-16H2,1-3H3,(H,25,27)/t20-/m1/s1. The van der Waals surface area contributed by atoms with Crippen molar-refractivity contribution in [3.8, 4) is 0 Å². The molecule has 0 bridgehead atoms. The molecule has 0 saturated carbocycles. The number of nitrogens with one attached hydrogen (secondary N) is 1. The van der Waals surface area contributed by atoms with Gasteiger partial charge in [0.25, 0.3) is 0 Å². The predicted octanol–water partition coefficient (Wildman–Crippen LogP) is 5.10. The smallest absolute Gasteiger partial charge is 0.220 e. The average Bonchev–Trinajstić information content (AvgIpc) is 2.69. The molecule has 1 amide bonds. The van der Waals surface area contributed by atoms with E-state index in [1.807, 2.05) is 0 Å².